The lowest BCUT2D eigenvalue weighted by Crippen LogP contribution is -3.04. The summed E-state index contributed by atoms with van der Waals surface area (Å²) >= 11 is 0. The fourth-order valence-electron chi connectivity index (χ4n) is 2.40. The zero-order valence-electron chi connectivity index (χ0n) is 8.09. The van der Waals surface area contributed by atoms with Gasteiger partial charge in [-0.05, 0) is 10.8 Å². The van der Waals surface area contributed by atoms with Crippen molar-refractivity contribution < 1.29 is 4.90 Å². The Labute approximate surface area is 84.0 Å². The average Bonchev–Trinajstić information content (AvgIpc) is 2.18. The lowest BCUT2D eigenvalue weighted by molar-refractivity contribution is -0.883. The Morgan fingerprint density at radius 2 is 1.50 bits per heavy atom. The van der Waals surface area contributed by atoms with Crippen molar-refractivity contribution >= 4 is 10.8 Å². The molecule has 2 aromatic carbocycles. The molecule has 1 aliphatic rings. The van der Waals surface area contributed by atoms with Crippen molar-refractivity contribution in [2.45, 2.75) is 13.1 Å². The van der Waals surface area contributed by atoms with Gasteiger partial charge >= 0.3 is 0 Å². The molecule has 0 bridgehead atoms. The maximum atomic E-state index is 4.10. The van der Waals surface area contributed by atoms with Crippen LogP contribution in [0.15, 0.2) is 36.4 Å². The summed E-state index contributed by atoms with van der Waals surface area (Å²) in [6, 6.07) is 13.1. The third-order valence-corrected chi connectivity index (χ3v) is 2.96. The quantitative estimate of drug-likeness (QED) is 0.591. The van der Waals surface area contributed by atoms with Gasteiger partial charge in [0.2, 0.25) is 0 Å². The summed E-state index contributed by atoms with van der Waals surface area (Å²) < 4.78 is 0. The Balaban J connectivity index is 2.40. The Morgan fingerprint density at radius 3 is 2.07 bits per heavy atom. The largest absolute Gasteiger partial charge is 0.460 e. The van der Waals surface area contributed by atoms with Crippen LogP contribution in [0.2, 0.25) is 0 Å². The molecular weight excluding hydrogens is 170 g/mol. The van der Waals surface area contributed by atoms with Crippen LogP contribution in [-0.2, 0) is 13.1 Å². The smallest absolute Gasteiger partial charge is 0.0796 e. The minimum Gasteiger partial charge on any atom is -0.460 e. The van der Waals surface area contributed by atoms with Crippen molar-refractivity contribution in [2.24, 2.45) is 0 Å². The predicted octanol–water partition coefficient (Wildman–Crippen LogP) is 1.53. The van der Waals surface area contributed by atoms with E-state index < -0.39 is 0 Å². The average molecular weight is 183 g/mol. The van der Waals surface area contributed by atoms with E-state index in [2.05, 4.69) is 43.4 Å². The standard InChI is InChI=1S/C13H13N/c1-14-8-11-6-2-4-10-5-3-7-12(9-14)13(10)11/h2-7,14H,1,8-9H2. The van der Waals surface area contributed by atoms with Crippen molar-refractivity contribution in [3.05, 3.63) is 54.6 Å². The first kappa shape index (κ1) is 8.01. The SMILES string of the molecule is [CH2-][NH+]1Cc2cccc3cccc(c23)C1. The van der Waals surface area contributed by atoms with E-state index in [1.54, 1.807) is 0 Å². The molecule has 1 heteroatoms. The molecule has 0 saturated heterocycles. The third kappa shape index (κ3) is 1.06. The van der Waals surface area contributed by atoms with Gasteiger partial charge in [0.25, 0.3) is 0 Å². The van der Waals surface area contributed by atoms with E-state index >= 15 is 0 Å². The van der Waals surface area contributed by atoms with Crippen molar-refractivity contribution in [3.8, 4) is 0 Å². The zero-order valence-corrected chi connectivity index (χ0v) is 8.09. The molecule has 1 N–H and O–H groups in total. The number of benzene rings is 2. The van der Waals surface area contributed by atoms with E-state index in [1.165, 1.54) is 26.8 Å². The van der Waals surface area contributed by atoms with Crippen LogP contribution in [0.5, 0.6) is 0 Å². The van der Waals surface area contributed by atoms with Gasteiger partial charge in [0.05, 0.1) is 13.1 Å². The Bertz CT molecular complexity index is 447. The summed E-state index contributed by atoms with van der Waals surface area (Å²) in [5.41, 5.74) is 2.88. The van der Waals surface area contributed by atoms with Gasteiger partial charge in [0, 0.05) is 11.1 Å². The number of hydrogen-bond donors (Lipinski definition) is 1. The van der Waals surface area contributed by atoms with E-state index in [1.807, 2.05) is 0 Å². The summed E-state index contributed by atoms with van der Waals surface area (Å²) in [6.45, 7) is 2.10. The van der Waals surface area contributed by atoms with Crippen LogP contribution in [-0.4, -0.2) is 0 Å². The molecule has 0 radical (unpaired) electrons. The summed E-state index contributed by atoms with van der Waals surface area (Å²) in [6.07, 6.45) is 0. The Morgan fingerprint density at radius 1 is 0.929 bits per heavy atom. The first-order valence-electron chi connectivity index (χ1n) is 5.01. The first-order valence-corrected chi connectivity index (χ1v) is 5.01. The van der Waals surface area contributed by atoms with Gasteiger partial charge in [-0.1, -0.05) is 36.4 Å². The molecule has 1 heterocycles. The first-order chi connectivity index (χ1) is 6.84. The summed E-state index contributed by atoms with van der Waals surface area (Å²) in [4.78, 5) is 1.33. The lowest BCUT2D eigenvalue weighted by Gasteiger charge is -2.27. The second-order valence-electron chi connectivity index (χ2n) is 4.04. The number of hydrogen-bond acceptors (Lipinski definition) is 0. The fraction of sp³-hybridized carbons (Fsp3) is 0.154. The molecular formula is C13H13N. The van der Waals surface area contributed by atoms with Gasteiger partial charge in [0.1, 0.15) is 0 Å². The topological polar surface area (TPSA) is 4.44 Å². The van der Waals surface area contributed by atoms with Crippen LogP contribution in [0.1, 0.15) is 11.1 Å². The zero-order chi connectivity index (χ0) is 9.54. The highest BCUT2D eigenvalue weighted by Crippen LogP contribution is 2.24. The third-order valence-electron chi connectivity index (χ3n) is 2.96. The maximum Gasteiger partial charge on any atom is 0.0796 e. The molecule has 70 valence electrons. The van der Waals surface area contributed by atoms with Crippen LogP contribution in [0, 0.1) is 7.05 Å². The van der Waals surface area contributed by atoms with E-state index in [-0.39, 0.29) is 0 Å². The highest BCUT2D eigenvalue weighted by molar-refractivity contribution is 5.89. The fourth-order valence-corrected chi connectivity index (χ4v) is 2.40. The van der Waals surface area contributed by atoms with Crippen LogP contribution >= 0.6 is 0 Å². The van der Waals surface area contributed by atoms with Crippen molar-refractivity contribution in [3.63, 3.8) is 0 Å². The molecule has 0 amide bonds. The molecule has 0 spiro atoms. The van der Waals surface area contributed by atoms with Crippen LogP contribution < -0.4 is 4.90 Å². The van der Waals surface area contributed by atoms with Crippen LogP contribution in [0.4, 0.5) is 0 Å². The molecule has 1 nitrogen and oxygen atoms in total. The summed E-state index contributed by atoms with van der Waals surface area (Å²) in [7, 11) is 4.10. The normalized spacial score (nSPS) is 16.1. The number of quaternary nitrogens is 1. The minimum atomic E-state index is 1.05. The second-order valence-corrected chi connectivity index (χ2v) is 4.04. The van der Waals surface area contributed by atoms with Crippen LogP contribution in [0.25, 0.3) is 10.8 Å². The molecule has 0 fully saturated rings. The van der Waals surface area contributed by atoms with Crippen molar-refractivity contribution in [1.29, 1.82) is 0 Å². The van der Waals surface area contributed by atoms with Gasteiger partial charge in [-0.15, -0.1) is 0 Å². The molecule has 3 rings (SSSR count). The van der Waals surface area contributed by atoms with Gasteiger partial charge in [-0.2, -0.15) is 7.05 Å². The van der Waals surface area contributed by atoms with Gasteiger partial charge in [0.15, 0.2) is 0 Å². The van der Waals surface area contributed by atoms with E-state index in [0.29, 0.717) is 0 Å². The van der Waals surface area contributed by atoms with Gasteiger partial charge in [-0.25, -0.2) is 0 Å². The van der Waals surface area contributed by atoms with Crippen molar-refractivity contribution in [1.82, 2.24) is 0 Å². The van der Waals surface area contributed by atoms with E-state index in [0.717, 1.165) is 13.1 Å². The number of rotatable bonds is 0. The predicted molar refractivity (Wildman–Crippen MR) is 57.7 cm³/mol. The molecule has 2 aromatic rings. The minimum absolute atomic E-state index is 1.05. The molecule has 0 aliphatic carbocycles. The summed E-state index contributed by atoms with van der Waals surface area (Å²) in [5.74, 6) is 0. The molecule has 14 heavy (non-hydrogen) atoms. The van der Waals surface area contributed by atoms with Gasteiger partial charge < -0.3 is 4.90 Å². The van der Waals surface area contributed by atoms with Crippen LogP contribution in [0.3, 0.4) is 0 Å². The highest BCUT2D eigenvalue weighted by atomic mass is 15.1. The monoisotopic (exact) mass is 183 g/mol. The Hall–Kier alpha value is -1.34. The molecule has 0 aromatic heterocycles. The summed E-state index contributed by atoms with van der Waals surface area (Å²) in [5, 5.41) is 2.83. The molecule has 0 atom stereocenters. The van der Waals surface area contributed by atoms with E-state index in [4.69, 9.17) is 0 Å². The van der Waals surface area contributed by atoms with Gasteiger partial charge in [-0.3, -0.25) is 0 Å². The maximum absolute atomic E-state index is 4.10. The second kappa shape index (κ2) is 2.82. The molecule has 1 aliphatic heterocycles. The highest BCUT2D eigenvalue weighted by Gasteiger charge is 2.14. The molecule has 0 saturated carbocycles. The van der Waals surface area contributed by atoms with E-state index in [9.17, 15) is 0 Å². The molecule has 0 unspecified atom stereocenters. The van der Waals surface area contributed by atoms with Crippen molar-refractivity contribution in [2.75, 3.05) is 0 Å². The lowest BCUT2D eigenvalue weighted by atomic mass is 9.96. The Kier molecular flexibility index (Phi) is 1.62. The number of nitrogens with one attached hydrogen (secondary N) is 1.